The van der Waals surface area contributed by atoms with Gasteiger partial charge in [-0.15, -0.1) is 11.8 Å². The van der Waals surface area contributed by atoms with Crippen molar-refractivity contribution < 1.29 is 25.2 Å². The summed E-state index contributed by atoms with van der Waals surface area (Å²) in [5, 5.41) is 38.4. The fourth-order valence-corrected chi connectivity index (χ4v) is 3.94. The van der Waals surface area contributed by atoms with Crippen molar-refractivity contribution in [3.8, 4) is 0 Å². The van der Waals surface area contributed by atoms with Crippen LogP contribution in [0.4, 0.5) is 0 Å². The average Bonchev–Trinajstić information content (AvgIpc) is 2.55. The maximum absolute atomic E-state index is 9.91. The van der Waals surface area contributed by atoms with Crippen LogP contribution in [0.3, 0.4) is 0 Å². The Balaban J connectivity index is 2.32. The molecule has 1 aliphatic heterocycles. The molecule has 1 heterocycles. The second-order valence-electron chi connectivity index (χ2n) is 5.35. The molecule has 0 aromatic rings. The zero-order valence-electron chi connectivity index (χ0n) is 13.4. The minimum Gasteiger partial charge on any atom is -0.394 e. The van der Waals surface area contributed by atoms with Crippen LogP contribution < -0.4 is 5.73 Å². The second kappa shape index (κ2) is 11.5. The molecule has 1 rings (SSSR count). The Bertz CT molecular complexity index is 360. The molecule has 9 heteroatoms. The predicted octanol–water partition coefficient (Wildman–Crippen LogP) is -0.590. The highest BCUT2D eigenvalue weighted by Crippen LogP contribution is 2.28. The number of nitrogens with two attached hydrogens (primary N) is 1. The van der Waals surface area contributed by atoms with Gasteiger partial charge >= 0.3 is 0 Å². The van der Waals surface area contributed by atoms with Crippen molar-refractivity contribution in [3.63, 3.8) is 0 Å². The molecule has 0 aromatic heterocycles. The summed E-state index contributed by atoms with van der Waals surface area (Å²) in [6, 6.07) is 0. The average molecular weight is 369 g/mol. The van der Waals surface area contributed by atoms with E-state index in [0.29, 0.717) is 18.1 Å². The van der Waals surface area contributed by atoms with E-state index in [2.05, 4.69) is 11.9 Å². The van der Waals surface area contributed by atoms with Crippen LogP contribution in [0.2, 0.25) is 0 Å². The fraction of sp³-hybridized carbons (Fsp3) is 0.929. The molecule has 1 saturated heterocycles. The summed E-state index contributed by atoms with van der Waals surface area (Å²) in [6.07, 6.45) is -2.43. The molecule has 0 radical (unpaired) electrons. The minimum atomic E-state index is -1.36. The molecule has 0 bridgehead atoms. The van der Waals surface area contributed by atoms with Gasteiger partial charge in [0.1, 0.15) is 35.7 Å². The van der Waals surface area contributed by atoms with Crippen LogP contribution in [0.1, 0.15) is 19.8 Å². The van der Waals surface area contributed by atoms with E-state index in [1.165, 1.54) is 24.6 Å². The Morgan fingerprint density at radius 3 is 2.57 bits per heavy atom. The molecule has 7 nitrogen and oxygen atoms in total. The first-order chi connectivity index (χ1) is 11.0. The first-order valence-corrected chi connectivity index (χ1v) is 10.00. The molecule has 0 saturated carbocycles. The van der Waals surface area contributed by atoms with Crippen LogP contribution in [-0.2, 0) is 4.74 Å². The van der Waals surface area contributed by atoms with Crippen molar-refractivity contribution in [2.75, 3.05) is 30.4 Å². The van der Waals surface area contributed by atoms with E-state index in [4.69, 9.17) is 15.6 Å². The van der Waals surface area contributed by atoms with Gasteiger partial charge in [0.25, 0.3) is 0 Å². The number of nitrogens with zero attached hydrogens (tertiary/aromatic N) is 1. The van der Waals surface area contributed by atoms with Gasteiger partial charge in [0.2, 0.25) is 0 Å². The number of rotatable bonds is 10. The highest BCUT2D eigenvalue weighted by molar-refractivity contribution is 8.00. The van der Waals surface area contributed by atoms with E-state index in [1.807, 2.05) is 11.8 Å². The third kappa shape index (κ3) is 7.16. The van der Waals surface area contributed by atoms with Gasteiger partial charge in [-0.25, -0.2) is 0 Å². The Morgan fingerprint density at radius 2 is 1.91 bits per heavy atom. The first kappa shape index (κ1) is 21.0. The number of hydrogen-bond acceptors (Lipinski definition) is 8. The third-order valence-electron chi connectivity index (χ3n) is 3.44. The Kier molecular flexibility index (Phi) is 10.5. The maximum Gasteiger partial charge on any atom is 0.132 e. The normalized spacial score (nSPS) is 32.2. The van der Waals surface area contributed by atoms with Crippen LogP contribution >= 0.6 is 23.5 Å². The number of thioether (sulfide) groups is 2. The van der Waals surface area contributed by atoms with Crippen molar-refractivity contribution in [1.82, 2.24) is 0 Å². The summed E-state index contributed by atoms with van der Waals surface area (Å²) in [5.74, 6) is 2.85. The van der Waals surface area contributed by atoms with Gasteiger partial charge in [-0.3, -0.25) is 4.99 Å². The molecule has 1 fully saturated rings. The van der Waals surface area contributed by atoms with Crippen molar-refractivity contribution >= 4 is 29.4 Å². The predicted molar refractivity (Wildman–Crippen MR) is 94.9 cm³/mol. The number of hydrogen-bond donors (Lipinski definition) is 5. The molecule has 1 unspecified atom stereocenters. The Hall–Kier alpha value is -0.0300. The summed E-state index contributed by atoms with van der Waals surface area (Å²) >= 11 is 3.04. The molecule has 0 aliphatic carbocycles. The molecule has 23 heavy (non-hydrogen) atoms. The third-order valence-corrected chi connectivity index (χ3v) is 5.67. The van der Waals surface area contributed by atoms with E-state index in [9.17, 15) is 15.3 Å². The fourth-order valence-electron chi connectivity index (χ4n) is 2.02. The number of aliphatic hydroxyl groups is 4. The van der Waals surface area contributed by atoms with E-state index < -0.39 is 36.5 Å². The summed E-state index contributed by atoms with van der Waals surface area (Å²) in [6.45, 7) is 2.38. The number of unbranched alkanes of at least 4 members (excludes halogenated alkanes) is 1. The number of ether oxygens (including phenoxy) is 1. The molecule has 136 valence electrons. The lowest BCUT2D eigenvalue weighted by molar-refractivity contribution is -0.205. The second-order valence-corrected chi connectivity index (χ2v) is 7.66. The Morgan fingerprint density at radius 1 is 1.17 bits per heavy atom. The molecule has 0 spiro atoms. The van der Waals surface area contributed by atoms with E-state index in [-0.39, 0.29) is 0 Å². The Labute approximate surface area is 145 Å². The minimum absolute atomic E-state index is 0.350. The van der Waals surface area contributed by atoms with Gasteiger partial charge in [0.05, 0.1) is 12.4 Å². The smallest absolute Gasteiger partial charge is 0.132 e. The summed E-state index contributed by atoms with van der Waals surface area (Å²) in [4.78, 5) is 4.26. The highest BCUT2D eigenvalue weighted by atomic mass is 32.2. The van der Waals surface area contributed by atoms with Crippen LogP contribution in [0.25, 0.3) is 0 Å². The zero-order valence-corrected chi connectivity index (χ0v) is 15.0. The number of aliphatic imine (C=N–C) groups is 1. The quantitative estimate of drug-likeness (QED) is 0.197. The van der Waals surface area contributed by atoms with Crippen LogP contribution in [-0.4, -0.2) is 86.5 Å². The lowest BCUT2D eigenvalue weighted by Crippen LogP contribution is -2.57. The molecule has 1 aliphatic rings. The number of aliphatic hydroxyl groups excluding tert-OH is 4. The standard InChI is InChI=1S/C14H28N2O5S2/c1-2-3-5-22-6-4-16-10(15)8-23-14-13(20)12(19)11(18)9(7-17)21-14/h9,11-14,17-20H,2-8H2,1H3,(H2,15,16)/t9-,11-,12+,13+,14?/m0/s1. The summed E-state index contributed by atoms with van der Waals surface area (Å²) in [5.41, 5.74) is 5.06. The zero-order chi connectivity index (χ0) is 17.2. The molecular weight excluding hydrogens is 340 g/mol. The van der Waals surface area contributed by atoms with Gasteiger partial charge in [-0.2, -0.15) is 11.8 Å². The maximum atomic E-state index is 9.91. The van der Waals surface area contributed by atoms with E-state index in [1.54, 1.807) is 0 Å². The van der Waals surface area contributed by atoms with Crippen LogP contribution in [0.15, 0.2) is 4.99 Å². The van der Waals surface area contributed by atoms with E-state index >= 15 is 0 Å². The molecular formula is C14H28N2O5S2. The summed E-state index contributed by atoms with van der Waals surface area (Å²) in [7, 11) is 0. The van der Waals surface area contributed by atoms with Crippen molar-refractivity contribution in [2.45, 2.75) is 49.6 Å². The molecule has 5 atom stereocenters. The van der Waals surface area contributed by atoms with Gasteiger partial charge in [0.15, 0.2) is 0 Å². The highest BCUT2D eigenvalue weighted by Gasteiger charge is 2.43. The van der Waals surface area contributed by atoms with Gasteiger partial charge in [0, 0.05) is 12.3 Å². The lowest BCUT2D eigenvalue weighted by atomic mass is 10.0. The molecule has 0 aromatic carbocycles. The van der Waals surface area contributed by atoms with Gasteiger partial charge in [-0.1, -0.05) is 13.3 Å². The first-order valence-electron chi connectivity index (χ1n) is 7.79. The topological polar surface area (TPSA) is 129 Å². The van der Waals surface area contributed by atoms with Crippen molar-refractivity contribution in [2.24, 2.45) is 10.7 Å². The summed E-state index contributed by atoms with van der Waals surface area (Å²) < 4.78 is 5.39. The lowest BCUT2D eigenvalue weighted by Gasteiger charge is -2.39. The van der Waals surface area contributed by atoms with Crippen molar-refractivity contribution in [3.05, 3.63) is 0 Å². The number of amidine groups is 1. The SMILES string of the molecule is CCCCSCCN=C(N)CSC1O[C@@H](CO)[C@H](O)[C@@H](O)[C@H]1O. The van der Waals surface area contributed by atoms with Gasteiger partial charge < -0.3 is 30.9 Å². The van der Waals surface area contributed by atoms with Crippen LogP contribution in [0.5, 0.6) is 0 Å². The van der Waals surface area contributed by atoms with Crippen molar-refractivity contribution in [1.29, 1.82) is 0 Å². The monoisotopic (exact) mass is 368 g/mol. The largest absolute Gasteiger partial charge is 0.394 e. The van der Waals surface area contributed by atoms with Gasteiger partial charge in [-0.05, 0) is 12.2 Å². The van der Waals surface area contributed by atoms with Crippen LogP contribution in [0, 0.1) is 0 Å². The molecule has 0 amide bonds. The molecule has 6 N–H and O–H groups in total. The van der Waals surface area contributed by atoms with E-state index in [0.717, 1.165) is 11.5 Å².